The fourth-order valence-corrected chi connectivity index (χ4v) is 4.34. The molecule has 8 nitrogen and oxygen atoms in total. The van der Waals surface area contributed by atoms with E-state index in [0.717, 1.165) is 4.88 Å². The number of hydrogen-bond donors (Lipinski definition) is 1. The quantitative estimate of drug-likeness (QED) is 0.692. The molecule has 0 aliphatic carbocycles. The van der Waals surface area contributed by atoms with Crippen molar-refractivity contribution in [3.05, 3.63) is 51.2 Å². The minimum atomic E-state index is -0.314. The molecular formula is C19H21N5O3S. The van der Waals surface area contributed by atoms with Crippen molar-refractivity contribution in [3.8, 4) is 0 Å². The number of rotatable bonds is 5. The molecule has 1 saturated heterocycles. The van der Waals surface area contributed by atoms with Crippen LogP contribution < -0.4 is 11.4 Å². The standard InChI is InChI=1S/C19H21N5O3S/c20-17(26)13-5-8-22(9-6-13)16(25)12-23-15-4-1-7-21-18(15)24(19(23)27)11-14-3-2-10-28-14/h1-4,7,10,13H,5-6,8-9,11-12H2,(H2,20,26). The number of thiophene rings is 1. The number of pyridine rings is 1. The highest BCUT2D eigenvalue weighted by molar-refractivity contribution is 7.09. The summed E-state index contributed by atoms with van der Waals surface area (Å²) < 4.78 is 3.09. The van der Waals surface area contributed by atoms with E-state index in [2.05, 4.69) is 4.98 Å². The first-order valence-electron chi connectivity index (χ1n) is 9.18. The van der Waals surface area contributed by atoms with Crippen LogP contribution in [0, 0.1) is 5.92 Å². The number of amides is 2. The van der Waals surface area contributed by atoms with E-state index in [4.69, 9.17) is 5.73 Å². The molecule has 1 aliphatic rings. The van der Waals surface area contributed by atoms with Crippen LogP contribution in [0.1, 0.15) is 17.7 Å². The monoisotopic (exact) mass is 399 g/mol. The maximum absolute atomic E-state index is 13.0. The molecule has 4 heterocycles. The molecule has 0 radical (unpaired) electrons. The van der Waals surface area contributed by atoms with Gasteiger partial charge >= 0.3 is 5.69 Å². The summed E-state index contributed by atoms with van der Waals surface area (Å²) in [5.41, 5.74) is 6.32. The number of aromatic nitrogens is 3. The van der Waals surface area contributed by atoms with Crippen molar-refractivity contribution in [2.75, 3.05) is 13.1 Å². The molecule has 1 fully saturated rings. The number of hydrogen-bond acceptors (Lipinski definition) is 5. The van der Waals surface area contributed by atoms with E-state index < -0.39 is 0 Å². The van der Waals surface area contributed by atoms with Crippen molar-refractivity contribution >= 4 is 34.3 Å². The Kier molecular flexibility index (Phi) is 4.99. The third kappa shape index (κ3) is 3.45. The van der Waals surface area contributed by atoms with Crippen molar-refractivity contribution < 1.29 is 9.59 Å². The van der Waals surface area contributed by atoms with Gasteiger partial charge in [-0.25, -0.2) is 9.78 Å². The van der Waals surface area contributed by atoms with Crippen LogP contribution in [-0.2, 0) is 22.7 Å². The molecule has 0 spiro atoms. The Bertz CT molecular complexity index is 1060. The smallest absolute Gasteiger partial charge is 0.331 e. The number of imidazole rings is 1. The molecule has 4 rings (SSSR count). The van der Waals surface area contributed by atoms with Crippen molar-refractivity contribution in [3.63, 3.8) is 0 Å². The van der Waals surface area contributed by atoms with E-state index in [1.807, 2.05) is 17.5 Å². The number of primary amides is 1. The molecule has 0 aromatic carbocycles. The lowest BCUT2D eigenvalue weighted by atomic mass is 9.96. The molecule has 3 aromatic rings. The van der Waals surface area contributed by atoms with Crippen LogP contribution in [-0.4, -0.2) is 43.9 Å². The number of piperidine rings is 1. The van der Waals surface area contributed by atoms with Crippen LogP contribution in [0.4, 0.5) is 0 Å². The summed E-state index contributed by atoms with van der Waals surface area (Å²) in [6, 6.07) is 7.48. The molecule has 0 atom stereocenters. The summed E-state index contributed by atoms with van der Waals surface area (Å²) >= 11 is 1.57. The Morgan fingerprint density at radius 2 is 1.96 bits per heavy atom. The van der Waals surface area contributed by atoms with Crippen LogP contribution in [0.25, 0.3) is 11.2 Å². The molecule has 0 saturated carbocycles. The van der Waals surface area contributed by atoms with Gasteiger partial charge in [0.2, 0.25) is 11.8 Å². The summed E-state index contributed by atoms with van der Waals surface area (Å²) in [5, 5.41) is 1.96. The van der Waals surface area contributed by atoms with E-state index in [9.17, 15) is 14.4 Å². The number of carbonyl (C=O) groups is 2. The molecular weight excluding hydrogens is 378 g/mol. The maximum Gasteiger partial charge on any atom is 0.331 e. The SMILES string of the molecule is NC(=O)C1CCN(C(=O)Cn2c(=O)n(Cc3cccs3)c3ncccc32)CC1. The van der Waals surface area contributed by atoms with E-state index in [0.29, 0.717) is 43.6 Å². The van der Waals surface area contributed by atoms with E-state index in [1.165, 1.54) is 4.57 Å². The second kappa shape index (κ2) is 7.59. The zero-order chi connectivity index (χ0) is 19.7. The first-order valence-corrected chi connectivity index (χ1v) is 10.1. The van der Waals surface area contributed by atoms with Gasteiger partial charge in [0.05, 0.1) is 12.1 Å². The van der Waals surface area contributed by atoms with E-state index >= 15 is 0 Å². The minimum absolute atomic E-state index is 0.0420. The first-order chi connectivity index (χ1) is 13.5. The fraction of sp³-hybridized carbons (Fsp3) is 0.368. The van der Waals surface area contributed by atoms with Gasteiger partial charge in [0.1, 0.15) is 6.54 Å². The second-order valence-electron chi connectivity index (χ2n) is 6.94. The van der Waals surface area contributed by atoms with Gasteiger partial charge in [-0.1, -0.05) is 6.07 Å². The molecule has 28 heavy (non-hydrogen) atoms. The Balaban J connectivity index is 1.59. The lowest BCUT2D eigenvalue weighted by Crippen LogP contribution is -2.44. The molecule has 1 aliphatic heterocycles. The molecule has 2 N–H and O–H groups in total. The average Bonchev–Trinajstić information content (AvgIpc) is 3.31. The van der Waals surface area contributed by atoms with Gasteiger partial charge in [-0.3, -0.25) is 18.7 Å². The highest BCUT2D eigenvalue weighted by atomic mass is 32.1. The maximum atomic E-state index is 13.0. The normalized spacial score (nSPS) is 15.2. The van der Waals surface area contributed by atoms with Gasteiger partial charge in [-0.05, 0) is 36.4 Å². The fourth-order valence-electron chi connectivity index (χ4n) is 3.65. The summed E-state index contributed by atoms with van der Waals surface area (Å²) in [5.74, 6) is -0.626. The van der Waals surface area contributed by atoms with E-state index in [1.54, 1.807) is 39.1 Å². The third-order valence-corrected chi connectivity index (χ3v) is 6.07. The van der Waals surface area contributed by atoms with Crippen LogP contribution >= 0.6 is 11.3 Å². The van der Waals surface area contributed by atoms with Gasteiger partial charge in [-0.2, -0.15) is 0 Å². The number of likely N-dealkylation sites (tertiary alicyclic amines) is 1. The van der Waals surface area contributed by atoms with E-state index in [-0.39, 0.29) is 30.0 Å². The van der Waals surface area contributed by atoms with Gasteiger partial charge in [0, 0.05) is 30.1 Å². The Hall–Kier alpha value is -2.94. The van der Waals surface area contributed by atoms with Crippen molar-refractivity contribution in [2.45, 2.75) is 25.9 Å². The first kappa shape index (κ1) is 18.4. The van der Waals surface area contributed by atoms with Crippen LogP contribution in [0.2, 0.25) is 0 Å². The summed E-state index contributed by atoms with van der Waals surface area (Å²) in [7, 11) is 0. The Labute approximate surface area is 165 Å². The highest BCUT2D eigenvalue weighted by Gasteiger charge is 2.27. The summed E-state index contributed by atoms with van der Waals surface area (Å²) in [6.07, 6.45) is 2.78. The van der Waals surface area contributed by atoms with Crippen LogP contribution in [0.15, 0.2) is 40.6 Å². The zero-order valence-electron chi connectivity index (χ0n) is 15.3. The number of nitrogens with zero attached hydrogens (tertiary/aromatic N) is 4. The molecule has 146 valence electrons. The molecule has 0 bridgehead atoms. The number of carbonyl (C=O) groups excluding carboxylic acids is 2. The highest BCUT2D eigenvalue weighted by Crippen LogP contribution is 2.18. The van der Waals surface area contributed by atoms with Gasteiger partial charge < -0.3 is 10.6 Å². The molecule has 0 unspecified atom stereocenters. The minimum Gasteiger partial charge on any atom is -0.369 e. The largest absolute Gasteiger partial charge is 0.369 e. The predicted molar refractivity (Wildman–Crippen MR) is 106 cm³/mol. The average molecular weight is 399 g/mol. The topological polar surface area (TPSA) is 103 Å². The molecule has 9 heteroatoms. The number of fused-ring (bicyclic) bond motifs is 1. The Morgan fingerprint density at radius 3 is 2.64 bits per heavy atom. The third-order valence-electron chi connectivity index (χ3n) is 5.21. The summed E-state index contributed by atoms with van der Waals surface area (Å²) in [4.78, 5) is 44.2. The van der Waals surface area contributed by atoms with Gasteiger partial charge in [-0.15, -0.1) is 11.3 Å². The molecule has 2 amide bonds. The second-order valence-corrected chi connectivity index (χ2v) is 7.97. The Morgan fingerprint density at radius 1 is 1.18 bits per heavy atom. The van der Waals surface area contributed by atoms with Crippen molar-refractivity contribution in [1.29, 1.82) is 0 Å². The van der Waals surface area contributed by atoms with Crippen LogP contribution in [0.5, 0.6) is 0 Å². The lowest BCUT2D eigenvalue weighted by Gasteiger charge is -2.30. The molecule has 3 aromatic heterocycles. The lowest BCUT2D eigenvalue weighted by molar-refractivity contribution is -0.135. The summed E-state index contributed by atoms with van der Waals surface area (Å²) in [6.45, 7) is 1.34. The van der Waals surface area contributed by atoms with Gasteiger partial charge in [0.25, 0.3) is 0 Å². The predicted octanol–water partition coefficient (Wildman–Crippen LogP) is 1.03. The zero-order valence-corrected chi connectivity index (χ0v) is 16.1. The number of nitrogens with two attached hydrogens (primary N) is 1. The van der Waals surface area contributed by atoms with Gasteiger partial charge in [0.15, 0.2) is 5.65 Å². The van der Waals surface area contributed by atoms with Crippen LogP contribution in [0.3, 0.4) is 0 Å². The van der Waals surface area contributed by atoms with Crippen molar-refractivity contribution in [1.82, 2.24) is 19.0 Å². The van der Waals surface area contributed by atoms with Crippen molar-refractivity contribution in [2.24, 2.45) is 11.7 Å².